The smallest absolute Gasteiger partial charge is 0.410 e. The van der Waals surface area contributed by atoms with Crippen LogP contribution in [-0.4, -0.2) is 18.0 Å². The number of nitrogens with one attached hydrogen (secondary N) is 2. The summed E-state index contributed by atoms with van der Waals surface area (Å²) in [6.07, 6.45) is -0.668. The molecule has 0 radical (unpaired) electrons. The second-order valence-electron chi connectivity index (χ2n) is 5.36. The van der Waals surface area contributed by atoms with Crippen LogP contribution in [0.5, 0.6) is 5.75 Å². The van der Waals surface area contributed by atoms with Crippen molar-refractivity contribution in [2.75, 3.05) is 5.32 Å². The van der Waals surface area contributed by atoms with E-state index in [4.69, 9.17) is 4.74 Å². The van der Waals surface area contributed by atoms with Gasteiger partial charge in [-0.15, -0.1) is 0 Å². The second kappa shape index (κ2) is 7.45. The first-order valence-electron chi connectivity index (χ1n) is 7.37. The van der Waals surface area contributed by atoms with E-state index in [1.807, 2.05) is 38.1 Å². The third-order valence-electron chi connectivity index (χ3n) is 3.46. The molecule has 5 nitrogen and oxygen atoms in total. The van der Waals surface area contributed by atoms with Gasteiger partial charge >= 0.3 is 6.09 Å². The lowest BCUT2D eigenvalue weighted by Gasteiger charge is -2.14. The molecular formula is C18H20N2O3. The zero-order valence-corrected chi connectivity index (χ0v) is 13.4. The Hall–Kier alpha value is -2.82. The number of aryl methyl sites for hydroxylation is 2. The van der Waals surface area contributed by atoms with Crippen molar-refractivity contribution < 1.29 is 14.3 Å². The first kappa shape index (κ1) is 16.5. The van der Waals surface area contributed by atoms with E-state index >= 15 is 0 Å². The SMILES string of the molecule is Cc1ccc(NC(=O)[C@@H](C)NC(=O)Oc2ccccc2)cc1C. The molecule has 0 saturated carbocycles. The number of para-hydroxylation sites is 1. The Morgan fingerprint density at radius 1 is 1.00 bits per heavy atom. The molecule has 2 N–H and O–H groups in total. The normalized spacial score (nSPS) is 11.4. The van der Waals surface area contributed by atoms with E-state index in [-0.39, 0.29) is 5.91 Å². The molecule has 0 saturated heterocycles. The summed E-state index contributed by atoms with van der Waals surface area (Å²) < 4.78 is 5.09. The molecule has 120 valence electrons. The van der Waals surface area contributed by atoms with Crippen molar-refractivity contribution in [2.45, 2.75) is 26.8 Å². The van der Waals surface area contributed by atoms with Crippen LogP contribution in [0, 0.1) is 13.8 Å². The minimum Gasteiger partial charge on any atom is -0.410 e. The average Bonchev–Trinajstić information content (AvgIpc) is 2.51. The van der Waals surface area contributed by atoms with Crippen LogP contribution in [0.4, 0.5) is 10.5 Å². The maximum atomic E-state index is 12.1. The van der Waals surface area contributed by atoms with Crippen molar-refractivity contribution in [1.82, 2.24) is 5.32 Å². The number of benzene rings is 2. The maximum Gasteiger partial charge on any atom is 0.413 e. The summed E-state index contributed by atoms with van der Waals surface area (Å²) in [7, 11) is 0. The lowest BCUT2D eigenvalue weighted by atomic mass is 10.1. The number of rotatable bonds is 4. The van der Waals surface area contributed by atoms with E-state index in [1.165, 1.54) is 0 Å². The summed E-state index contributed by atoms with van der Waals surface area (Å²) in [5, 5.41) is 5.27. The Morgan fingerprint density at radius 3 is 2.35 bits per heavy atom. The van der Waals surface area contributed by atoms with Gasteiger partial charge in [-0.05, 0) is 56.2 Å². The molecule has 23 heavy (non-hydrogen) atoms. The van der Waals surface area contributed by atoms with Gasteiger partial charge in [-0.25, -0.2) is 4.79 Å². The largest absolute Gasteiger partial charge is 0.413 e. The molecular weight excluding hydrogens is 292 g/mol. The van der Waals surface area contributed by atoms with Gasteiger partial charge in [-0.1, -0.05) is 24.3 Å². The van der Waals surface area contributed by atoms with E-state index in [0.717, 1.165) is 11.1 Å². The van der Waals surface area contributed by atoms with E-state index in [2.05, 4.69) is 10.6 Å². The highest BCUT2D eigenvalue weighted by molar-refractivity contribution is 5.96. The van der Waals surface area contributed by atoms with Gasteiger partial charge in [-0.3, -0.25) is 4.79 Å². The molecule has 2 rings (SSSR count). The first-order chi connectivity index (χ1) is 11.0. The number of ether oxygens (including phenoxy) is 1. The third kappa shape index (κ3) is 4.85. The predicted molar refractivity (Wildman–Crippen MR) is 89.6 cm³/mol. The summed E-state index contributed by atoms with van der Waals surface area (Å²) in [5.41, 5.74) is 2.94. The van der Waals surface area contributed by atoms with Crippen molar-refractivity contribution in [3.63, 3.8) is 0 Å². The Morgan fingerprint density at radius 2 is 1.70 bits per heavy atom. The van der Waals surface area contributed by atoms with Crippen LogP contribution < -0.4 is 15.4 Å². The Balaban J connectivity index is 1.89. The predicted octanol–water partition coefficient (Wildman–Crippen LogP) is 3.42. The lowest BCUT2D eigenvalue weighted by molar-refractivity contribution is -0.117. The molecule has 2 aromatic carbocycles. The fraction of sp³-hybridized carbons (Fsp3) is 0.222. The summed E-state index contributed by atoms with van der Waals surface area (Å²) in [6, 6.07) is 13.6. The Bertz CT molecular complexity index is 699. The van der Waals surface area contributed by atoms with Crippen LogP contribution in [0.1, 0.15) is 18.1 Å². The van der Waals surface area contributed by atoms with Crippen LogP contribution >= 0.6 is 0 Å². The number of hydrogen-bond acceptors (Lipinski definition) is 3. The van der Waals surface area contributed by atoms with Crippen molar-refractivity contribution in [1.29, 1.82) is 0 Å². The quantitative estimate of drug-likeness (QED) is 0.909. The number of carbonyl (C=O) groups excluding carboxylic acids is 2. The molecule has 0 aromatic heterocycles. The first-order valence-corrected chi connectivity index (χ1v) is 7.37. The van der Waals surface area contributed by atoms with Gasteiger partial charge in [0.25, 0.3) is 0 Å². The van der Waals surface area contributed by atoms with Crippen LogP contribution in [0.2, 0.25) is 0 Å². The van der Waals surface area contributed by atoms with Gasteiger partial charge < -0.3 is 15.4 Å². The van der Waals surface area contributed by atoms with Crippen molar-refractivity contribution in [2.24, 2.45) is 0 Å². The summed E-state index contributed by atoms with van der Waals surface area (Å²) in [5.74, 6) is 0.116. The molecule has 0 unspecified atom stereocenters. The third-order valence-corrected chi connectivity index (χ3v) is 3.46. The Kier molecular flexibility index (Phi) is 5.36. The molecule has 0 bridgehead atoms. The van der Waals surface area contributed by atoms with E-state index < -0.39 is 12.1 Å². The summed E-state index contributed by atoms with van der Waals surface area (Å²) in [4.78, 5) is 23.9. The summed E-state index contributed by atoms with van der Waals surface area (Å²) in [6.45, 7) is 5.58. The number of anilines is 1. The minimum atomic E-state index is -0.715. The van der Waals surface area contributed by atoms with E-state index in [9.17, 15) is 9.59 Å². The van der Waals surface area contributed by atoms with Gasteiger partial charge in [0.2, 0.25) is 5.91 Å². The highest BCUT2D eigenvalue weighted by atomic mass is 16.6. The van der Waals surface area contributed by atoms with Crippen LogP contribution in [-0.2, 0) is 4.79 Å². The molecule has 0 aliphatic heterocycles. The van der Waals surface area contributed by atoms with Crippen LogP contribution in [0.3, 0.4) is 0 Å². The van der Waals surface area contributed by atoms with Gasteiger partial charge in [0, 0.05) is 5.69 Å². The van der Waals surface area contributed by atoms with Gasteiger partial charge in [0.1, 0.15) is 11.8 Å². The van der Waals surface area contributed by atoms with Crippen molar-refractivity contribution in [3.05, 3.63) is 59.7 Å². The van der Waals surface area contributed by atoms with Crippen LogP contribution in [0.15, 0.2) is 48.5 Å². The Labute approximate surface area is 135 Å². The molecule has 2 aromatic rings. The molecule has 5 heteroatoms. The average molecular weight is 312 g/mol. The van der Waals surface area contributed by atoms with E-state index in [1.54, 1.807) is 31.2 Å². The molecule has 0 aliphatic rings. The highest BCUT2D eigenvalue weighted by Gasteiger charge is 2.17. The van der Waals surface area contributed by atoms with Crippen molar-refractivity contribution >= 4 is 17.7 Å². The fourth-order valence-corrected chi connectivity index (χ4v) is 1.94. The standard InChI is InChI=1S/C18H20N2O3/c1-12-9-10-15(11-13(12)2)20-17(21)14(3)19-18(22)23-16-7-5-4-6-8-16/h4-11,14H,1-3H3,(H,19,22)(H,20,21)/t14-/m1/s1. The molecule has 2 amide bonds. The van der Waals surface area contributed by atoms with Gasteiger partial charge in [0.05, 0.1) is 0 Å². The summed E-state index contributed by atoms with van der Waals surface area (Å²) >= 11 is 0. The minimum absolute atomic E-state index is 0.307. The number of amides is 2. The van der Waals surface area contributed by atoms with Gasteiger partial charge in [0.15, 0.2) is 0 Å². The maximum absolute atomic E-state index is 12.1. The fourth-order valence-electron chi connectivity index (χ4n) is 1.94. The molecule has 1 atom stereocenters. The zero-order chi connectivity index (χ0) is 16.8. The zero-order valence-electron chi connectivity index (χ0n) is 13.4. The number of hydrogen-bond donors (Lipinski definition) is 2. The monoisotopic (exact) mass is 312 g/mol. The highest BCUT2D eigenvalue weighted by Crippen LogP contribution is 2.14. The van der Waals surface area contributed by atoms with Crippen molar-refractivity contribution in [3.8, 4) is 5.75 Å². The molecule has 0 heterocycles. The molecule has 0 fully saturated rings. The number of carbonyl (C=O) groups is 2. The van der Waals surface area contributed by atoms with Crippen LogP contribution in [0.25, 0.3) is 0 Å². The molecule has 0 spiro atoms. The van der Waals surface area contributed by atoms with E-state index in [0.29, 0.717) is 11.4 Å². The topological polar surface area (TPSA) is 67.4 Å². The lowest BCUT2D eigenvalue weighted by Crippen LogP contribution is -2.42. The second-order valence-corrected chi connectivity index (χ2v) is 5.36. The molecule has 0 aliphatic carbocycles. The van der Waals surface area contributed by atoms with Gasteiger partial charge in [-0.2, -0.15) is 0 Å².